The number of amides is 4. The molecule has 35 heavy (non-hydrogen) atoms. The molecule has 0 bridgehead atoms. The predicted octanol–water partition coefficient (Wildman–Crippen LogP) is 1.65. The van der Waals surface area contributed by atoms with Gasteiger partial charge in [0, 0.05) is 30.9 Å². The van der Waals surface area contributed by atoms with Crippen molar-refractivity contribution in [3.05, 3.63) is 57.8 Å². The highest BCUT2D eigenvalue weighted by molar-refractivity contribution is 7.13. The summed E-state index contributed by atoms with van der Waals surface area (Å²) in [6, 6.07) is 8.46. The van der Waals surface area contributed by atoms with E-state index in [0.717, 1.165) is 34.1 Å². The molecule has 4 heterocycles. The molecule has 1 unspecified atom stereocenters. The zero-order valence-corrected chi connectivity index (χ0v) is 20.0. The number of urea groups is 1. The molecule has 4 amide bonds. The molecule has 1 atom stereocenters. The van der Waals surface area contributed by atoms with E-state index in [1.807, 2.05) is 18.2 Å². The third kappa shape index (κ3) is 4.36. The summed E-state index contributed by atoms with van der Waals surface area (Å²) in [6.07, 6.45) is 0. The van der Waals surface area contributed by atoms with Crippen LogP contribution in [0.2, 0.25) is 0 Å². The van der Waals surface area contributed by atoms with Gasteiger partial charge in [0.25, 0.3) is 11.8 Å². The Morgan fingerprint density at radius 2 is 2.03 bits per heavy atom. The Labute approximate surface area is 206 Å². The van der Waals surface area contributed by atoms with Crippen molar-refractivity contribution in [2.75, 3.05) is 40.0 Å². The van der Waals surface area contributed by atoms with E-state index in [1.165, 1.54) is 23.3 Å². The highest BCUT2D eigenvalue weighted by Crippen LogP contribution is 2.29. The third-order valence-electron chi connectivity index (χ3n) is 6.25. The smallest absolute Gasteiger partial charge is 0.323 e. The number of nitrogens with one attached hydrogen (secondary N) is 2. The first-order chi connectivity index (χ1) is 16.9. The lowest BCUT2D eigenvalue weighted by Gasteiger charge is -2.29. The number of ether oxygens (including phenoxy) is 2. The Hall–Kier alpha value is -3.81. The fourth-order valence-corrected chi connectivity index (χ4v) is 5.19. The van der Waals surface area contributed by atoms with Crippen LogP contribution in [0.4, 0.5) is 4.79 Å². The van der Waals surface area contributed by atoms with E-state index in [0.29, 0.717) is 31.1 Å². The van der Waals surface area contributed by atoms with Crippen molar-refractivity contribution in [2.45, 2.75) is 12.1 Å². The molecule has 1 aromatic carbocycles. The van der Waals surface area contributed by atoms with Crippen LogP contribution in [-0.2, 0) is 16.1 Å². The summed E-state index contributed by atoms with van der Waals surface area (Å²) in [5.41, 5.74) is 0.697. The number of imide groups is 1. The van der Waals surface area contributed by atoms with Gasteiger partial charge in [-0.2, -0.15) is 0 Å². The van der Waals surface area contributed by atoms with E-state index in [1.54, 1.807) is 12.1 Å². The Balaban J connectivity index is 1.38. The van der Waals surface area contributed by atoms with Gasteiger partial charge in [-0.1, -0.05) is 24.5 Å². The van der Waals surface area contributed by atoms with Crippen molar-refractivity contribution in [3.63, 3.8) is 0 Å². The maximum absolute atomic E-state index is 13.0. The number of benzene rings is 1. The number of methoxy groups -OCH3 is 1. The van der Waals surface area contributed by atoms with Crippen LogP contribution in [0, 0.1) is 11.8 Å². The first-order valence-corrected chi connectivity index (χ1v) is 11.9. The second-order valence-electron chi connectivity index (χ2n) is 8.46. The van der Waals surface area contributed by atoms with Crippen LogP contribution in [0.3, 0.4) is 0 Å². The predicted molar refractivity (Wildman–Crippen MR) is 130 cm³/mol. The Kier molecular flexibility index (Phi) is 5.96. The third-order valence-corrected chi connectivity index (χ3v) is 7.30. The molecule has 10 heteroatoms. The van der Waals surface area contributed by atoms with E-state index in [9.17, 15) is 14.4 Å². The van der Waals surface area contributed by atoms with Gasteiger partial charge in [-0.25, -0.2) is 4.79 Å². The van der Waals surface area contributed by atoms with Crippen molar-refractivity contribution in [1.82, 2.24) is 20.4 Å². The minimum atomic E-state index is -1.55. The Bertz CT molecular complexity index is 1290. The quantitative estimate of drug-likeness (QED) is 0.486. The lowest BCUT2D eigenvalue weighted by Crippen LogP contribution is -2.54. The highest BCUT2D eigenvalue weighted by Gasteiger charge is 2.48. The topological polar surface area (TPSA) is 100 Å². The standard InChI is InChI=1S/C25H24N4O5S/c1-16(28-9-11-34-12-10-28)21-6-5-19(35-21)7-8-25(23(31)26-24(32)27-25)15-29-14-17-3-4-18(33-2)13-20(17)22(29)30/h3-6,13H,1,9-12,14-15H2,2H3,(H2,26,27,31,32). The number of morpholine rings is 1. The minimum absolute atomic E-state index is 0.0773. The molecule has 2 saturated heterocycles. The monoisotopic (exact) mass is 492 g/mol. The summed E-state index contributed by atoms with van der Waals surface area (Å²) in [5, 5.41) is 4.90. The number of hydrogen-bond donors (Lipinski definition) is 2. The van der Waals surface area contributed by atoms with E-state index in [-0.39, 0.29) is 12.5 Å². The number of rotatable bonds is 5. The van der Waals surface area contributed by atoms with Crippen LogP contribution < -0.4 is 15.4 Å². The maximum atomic E-state index is 13.0. The van der Waals surface area contributed by atoms with E-state index in [2.05, 4.69) is 34.0 Å². The molecule has 5 rings (SSSR count). The van der Waals surface area contributed by atoms with Crippen LogP contribution in [0.25, 0.3) is 5.70 Å². The zero-order valence-electron chi connectivity index (χ0n) is 19.2. The number of thiophene rings is 1. The molecular formula is C25H24N4O5S. The van der Waals surface area contributed by atoms with Crippen molar-refractivity contribution in [2.24, 2.45) is 0 Å². The minimum Gasteiger partial charge on any atom is -0.497 e. The van der Waals surface area contributed by atoms with Gasteiger partial charge in [0.2, 0.25) is 5.54 Å². The van der Waals surface area contributed by atoms with Crippen molar-refractivity contribution in [1.29, 1.82) is 0 Å². The Morgan fingerprint density at radius 3 is 2.74 bits per heavy atom. The Morgan fingerprint density at radius 1 is 1.23 bits per heavy atom. The largest absolute Gasteiger partial charge is 0.497 e. The average molecular weight is 493 g/mol. The SMILES string of the molecule is C=C(c1ccc(C#CC2(CN3Cc4ccc(OC)cc4C3=O)NC(=O)NC2=O)s1)N1CCOCC1. The van der Waals surface area contributed by atoms with Crippen LogP contribution in [0.5, 0.6) is 5.75 Å². The summed E-state index contributed by atoms with van der Waals surface area (Å²) in [4.78, 5) is 43.3. The summed E-state index contributed by atoms with van der Waals surface area (Å²) < 4.78 is 10.6. The summed E-state index contributed by atoms with van der Waals surface area (Å²) >= 11 is 1.46. The fraction of sp³-hybridized carbons (Fsp3) is 0.320. The summed E-state index contributed by atoms with van der Waals surface area (Å²) in [5.74, 6) is 5.75. The molecule has 2 fully saturated rings. The second kappa shape index (κ2) is 9.09. The van der Waals surface area contributed by atoms with Gasteiger partial charge in [-0.15, -0.1) is 11.3 Å². The molecule has 2 N–H and O–H groups in total. The molecule has 3 aliphatic rings. The van der Waals surface area contributed by atoms with E-state index < -0.39 is 17.5 Å². The lowest BCUT2D eigenvalue weighted by molar-refractivity contribution is -0.122. The van der Waals surface area contributed by atoms with Gasteiger partial charge >= 0.3 is 6.03 Å². The lowest BCUT2D eigenvalue weighted by atomic mass is 9.99. The van der Waals surface area contributed by atoms with Gasteiger partial charge < -0.3 is 24.6 Å². The summed E-state index contributed by atoms with van der Waals surface area (Å²) in [7, 11) is 1.54. The number of carbonyl (C=O) groups excluding carboxylic acids is 3. The van der Waals surface area contributed by atoms with Crippen LogP contribution in [0.1, 0.15) is 25.7 Å². The first kappa shape index (κ1) is 23.0. The molecule has 0 aliphatic carbocycles. The maximum Gasteiger partial charge on any atom is 0.323 e. The van der Waals surface area contributed by atoms with Crippen molar-refractivity contribution < 1.29 is 23.9 Å². The molecule has 1 aromatic heterocycles. The van der Waals surface area contributed by atoms with Crippen LogP contribution >= 0.6 is 11.3 Å². The van der Waals surface area contributed by atoms with E-state index >= 15 is 0 Å². The van der Waals surface area contributed by atoms with Gasteiger partial charge in [0.15, 0.2) is 0 Å². The molecule has 0 saturated carbocycles. The number of nitrogens with zero attached hydrogens (tertiary/aromatic N) is 2. The molecular weight excluding hydrogens is 468 g/mol. The molecule has 0 spiro atoms. The van der Waals surface area contributed by atoms with E-state index in [4.69, 9.17) is 9.47 Å². The first-order valence-electron chi connectivity index (χ1n) is 11.1. The molecule has 9 nitrogen and oxygen atoms in total. The van der Waals surface area contributed by atoms with Gasteiger partial charge in [0.1, 0.15) is 5.75 Å². The summed E-state index contributed by atoms with van der Waals surface area (Å²) in [6.45, 7) is 7.34. The molecule has 3 aliphatic heterocycles. The fourth-order valence-electron chi connectivity index (χ4n) is 4.33. The zero-order chi connectivity index (χ0) is 24.6. The van der Waals surface area contributed by atoms with Gasteiger partial charge in [0.05, 0.1) is 36.6 Å². The van der Waals surface area contributed by atoms with Crippen LogP contribution in [0.15, 0.2) is 36.9 Å². The van der Waals surface area contributed by atoms with Gasteiger partial charge in [-0.3, -0.25) is 14.9 Å². The number of carbonyl (C=O) groups is 3. The molecule has 0 radical (unpaired) electrons. The second-order valence-corrected chi connectivity index (χ2v) is 9.54. The van der Waals surface area contributed by atoms with Crippen molar-refractivity contribution in [3.8, 4) is 17.6 Å². The van der Waals surface area contributed by atoms with Gasteiger partial charge in [-0.05, 0) is 29.8 Å². The molecule has 2 aromatic rings. The normalized spacial score (nSPS) is 21.2. The highest BCUT2D eigenvalue weighted by atomic mass is 32.1. The number of fused-ring (bicyclic) bond motifs is 1. The van der Waals surface area contributed by atoms with Crippen molar-refractivity contribution >= 4 is 34.9 Å². The number of hydrogen-bond acceptors (Lipinski definition) is 7. The van der Waals surface area contributed by atoms with Crippen LogP contribution in [-0.4, -0.2) is 73.1 Å². The molecule has 180 valence electrons. The average Bonchev–Trinajstić information content (AvgIpc) is 3.54.